The van der Waals surface area contributed by atoms with Gasteiger partial charge in [0.15, 0.2) is 0 Å². The molecule has 1 aliphatic heterocycles. The van der Waals surface area contributed by atoms with E-state index in [0.29, 0.717) is 18.6 Å². The highest BCUT2D eigenvalue weighted by Gasteiger charge is 2.28. The van der Waals surface area contributed by atoms with Crippen molar-refractivity contribution in [3.8, 4) is 11.5 Å². The minimum Gasteiger partial charge on any atom is -0.497 e. The molecule has 0 radical (unpaired) electrons. The van der Waals surface area contributed by atoms with Gasteiger partial charge in [0.1, 0.15) is 29.6 Å². The second-order valence-electron chi connectivity index (χ2n) is 6.53. The predicted molar refractivity (Wildman–Crippen MR) is 92.6 cm³/mol. The minimum absolute atomic E-state index is 0.348. The second kappa shape index (κ2) is 7.71. The monoisotopic (exact) mass is 330 g/mol. The van der Waals surface area contributed by atoms with Crippen molar-refractivity contribution in [2.45, 2.75) is 38.6 Å². The number of likely N-dealkylation sites (tertiary alicyclic amines) is 1. The van der Waals surface area contributed by atoms with Gasteiger partial charge in [0.25, 0.3) is 0 Å². The van der Waals surface area contributed by atoms with Gasteiger partial charge in [-0.25, -0.2) is 0 Å². The molecule has 1 fully saturated rings. The lowest BCUT2D eigenvalue weighted by atomic mass is 10.1. The Morgan fingerprint density at radius 3 is 2.67 bits per heavy atom. The van der Waals surface area contributed by atoms with Crippen molar-refractivity contribution in [1.29, 1.82) is 0 Å². The SMILES string of the molecule is COc1ccc(OCCN2CCC[C@H]2c2cc(C(C)C)on2)cc1. The molecule has 24 heavy (non-hydrogen) atoms. The lowest BCUT2D eigenvalue weighted by Crippen LogP contribution is -2.28. The quantitative estimate of drug-likeness (QED) is 0.767. The normalized spacial score (nSPS) is 18.2. The average Bonchev–Trinajstić information content (AvgIpc) is 3.24. The van der Waals surface area contributed by atoms with Gasteiger partial charge in [-0.15, -0.1) is 0 Å². The molecular weight excluding hydrogens is 304 g/mol. The van der Waals surface area contributed by atoms with Gasteiger partial charge in [-0.05, 0) is 43.7 Å². The Morgan fingerprint density at radius 1 is 1.25 bits per heavy atom. The van der Waals surface area contributed by atoms with Crippen LogP contribution in [0.3, 0.4) is 0 Å². The van der Waals surface area contributed by atoms with Gasteiger partial charge >= 0.3 is 0 Å². The van der Waals surface area contributed by atoms with Crippen LogP contribution < -0.4 is 9.47 Å². The molecule has 5 heteroatoms. The Kier molecular flexibility index (Phi) is 5.41. The smallest absolute Gasteiger partial charge is 0.139 e. The van der Waals surface area contributed by atoms with Gasteiger partial charge < -0.3 is 14.0 Å². The Labute approximate surface area is 143 Å². The van der Waals surface area contributed by atoms with E-state index >= 15 is 0 Å². The second-order valence-corrected chi connectivity index (χ2v) is 6.53. The standard InChI is InChI=1S/C19H26N2O3/c1-14(2)19-13-17(20-24-19)18-5-4-10-21(18)11-12-23-16-8-6-15(22-3)7-9-16/h6-9,13-14,18H,4-5,10-12H2,1-3H3/t18-/m0/s1. The summed E-state index contributed by atoms with van der Waals surface area (Å²) in [6, 6.07) is 10.2. The molecule has 0 amide bonds. The molecule has 2 aromatic rings. The van der Waals surface area contributed by atoms with Crippen molar-refractivity contribution in [3.05, 3.63) is 41.8 Å². The lowest BCUT2D eigenvalue weighted by Gasteiger charge is -2.22. The van der Waals surface area contributed by atoms with Gasteiger partial charge in [0.05, 0.1) is 13.2 Å². The van der Waals surface area contributed by atoms with Crippen LogP contribution in [0.2, 0.25) is 0 Å². The molecule has 1 aromatic heterocycles. The summed E-state index contributed by atoms with van der Waals surface area (Å²) in [5, 5.41) is 4.28. The van der Waals surface area contributed by atoms with Crippen LogP contribution in [0.1, 0.15) is 50.1 Å². The van der Waals surface area contributed by atoms with Gasteiger partial charge in [0, 0.05) is 18.5 Å². The van der Waals surface area contributed by atoms with E-state index in [1.807, 2.05) is 24.3 Å². The van der Waals surface area contributed by atoms with Crippen molar-refractivity contribution in [2.75, 3.05) is 26.8 Å². The zero-order valence-corrected chi connectivity index (χ0v) is 14.7. The van der Waals surface area contributed by atoms with E-state index in [1.165, 1.54) is 6.42 Å². The third kappa shape index (κ3) is 3.90. The highest BCUT2D eigenvalue weighted by atomic mass is 16.5. The van der Waals surface area contributed by atoms with E-state index in [2.05, 4.69) is 30.0 Å². The van der Waals surface area contributed by atoms with Crippen LogP contribution in [-0.2, 0) is 0 Å². The molecule has 0 spiro atoms. The van der Waals surface area contributed by atoms with E-state index < -0.39 is 0 Å². The fourth-order valence-corrected chi connectivity index (χ4v) is 3.11. The molecule has 1 atom stereocenters. The zero-order chi connectivity index (χ0) is 16.9. The van der Waals surface area contributed by atoms with E-state index in [9.17, 15) is 0 Å². The first-order valence-electron chi connectivity index (χ1n) is 8.65. The van der Waals surface area contributed by atoms with Gasteiger partial charge in [0.2, 0.25) is 0 Å². The fourth-order valence-electron chi connectivity index (χ4n) is 3.11. The van der Waals surface area contributed by atoms with Crippen LogP contribution in [0.15, 0.2) is 34.9 Å². The van der Waals surface area contributed by atoms with E-state index in [0.717, 1.165) is 42.5 Å². The van der Waals surface area contributed by atoms with E-state index in [1.54, 1.807) is 7.11 Å². The molecule has 1 saturated heterocycles. The minimum atomic E-state index is 0.348. The molecule has 0 unspecified atom stereocenters. The molecule has 0 N–H and O–H groups in total. The molecule has 0 saturated carbocycles. The molecule has 0 bridgehead atoms. The number of hydrogen-bond acceptors (Lipinski definition) is 5. The van der Waals surface area contributed by atoms with Gasteiger partial charge in [-0.1, -0.05) is 19.0 Å². The molecule has 5 nitrogen and oxygen atoms in total. The summed E-state index contributed by atoms with van der Waals surface area (Å²) < 4.78 is 16.5. The summed E-state index contributed by atoms with van der Waals surface area (Å²) in [6.07, 6.45) is 2.32. The Balaban J connectivity index is 1.53. The summed E-state index contributed by atoms with van der Waals surface area (Å²) in [5.74, 6) is 3.05. The summed E-state index contributed by atoms with van der Waals surface area (Å²) in [4.78, 5) is 2.44. The Hall–Kier alpha value is -2.01. The molecule has 2 heterocycles. The fraction of sp³-hybridized carbons (Fsp3) is 0.526. The first kappa shape index (κ1) is 16.8. The number of hydrogen-bond donors (Lipinski definition) is 0. The molecular formula is C19H26N2O3. The van der Waals surface area contributed by atoms with Gasteiger partial charge in [-0.2, -0.15) is 0 Å². The number of rotatable bonds is 7. The van der Waals surface area contributed by atoms with Gasteiger partial charge in [-0.3, -0.25) is 4.90 Å². The van der Waals surface area contributed by atoms with Crippen LogP contribution >= 0.6 is 0 Å². The maximum Gasteiger partial charge on any atom is 0.139 e. The lowest BCUT2D eigenvalue weighted by molar-refractivity contribution is 0.192. The van der Waals surface area contributed by atoms with Crippen molar-refractivity contribution in [3.63, 3.8) is 0 Å². The Morgan fingerprint density at radius 2 is 2.00 bits per heavy atom. The third-order valence-corrected chi connectivity index (χ3v) is 4.53. The van der Waals surface area contributed by atoms with Crippen LogP contribution in [0.5, 0.6) is 11.5 Å². The molecule has 0 aliphatic carbocycles. The largest absolute Gasteiger partial charge is 0.497 e. The number of benzene rings is 1. The average molecular weight is 330 g/mol. The molecule has 3 rings (SSSR count). The number of methoxy groups -OCH3 is 1. The van der Waals surface area contributed by atoms with Crippen LogP contribution in [0.4, 0.5) is 0 Å². The maximum absolute atomic E-state index is 5.85. The third-order valence-electron chi connectivity index (χ3n) is 4.53. The maximum atomic E-state index is 5.85. The topological polar surface area (TPSA) is 47.7 Å². The summed E-state index contributed by atoms with van der Waals surface area (Å²) in [7, 11) is 1.66. The van der Waals surface area contributed by atoms with E-state index in [4.69, 9.17) is 14.0 Å². The summed E-state index contributed by atoms with van der Waals surface area (Å²) in [5.41, 5.74) is 1.06. The first-order chi connectivity index (χ1) is 11.7. The van der Waals surface area contributed by atoms with Crippen molar-refractivity contribution >= 4 is 0 Å². The van der Waals surface area contributed by atoms with Crippen LogP contribution in [0.25, 0.3) is 0 Å². The van der Waals surface area contributed by atoms with Crippen molar-refractivity contribution in [1.82, 2.24) is 10.1 Å². The van der Waals surface area contributed by atoms with Crippen LogP contribution in [-0.4, -0.2) is 36.9 Å². The van der Waals surface area contributed by atoms with Crippen molar-refractivity contribution in [2.24, 2.45) is 0 Å². The van der Waals surface area contributed by atoms with Crippen LogP contribution in [0, 0.1) is 0 Å². The molecule has 1 aliphatic rings. The number of ether oxygens (including phenoxy) is 2. The van der Waals surface area contributed by atoms with Crippen molar-refractivity contribution < 1.29 is 14.0 Å². The summed E-state index contributed by atoms with van der Waals surface area (Å²) >= 11 is 0. The Bertz CT molecular complexity index is 636. The zero-order valence-electron chi connectivity index (χ0n) is 14.7. The highest BCUT2D eigenvalue weighted by Crippen LogP contribution is 2.32. The molecule has 1 aromatic carbocycles. The molecule has 130 valence electrons. The predicted octanol–water partition coefficient (Wildman–Crippen LogP) is 4.02. The number of nitrogens with zero attached hydrogens (tertiary/aromatic N) is 2. The highest BCUT2D eigenvalue weighted by molar-refractivity contribution is 5.31. The first-order valence-corrected chi connectivity index (χ1v) is 8.65. The van der Waals surface area contributed by atoms with E-state index in [-0.39, 0.29) is 0 Å². The number of aromatic nitrogens is 1. The summed E-state index contributed by atoms with van der Waals surface area (Å²) in [6.45, 7) is 6.89.